The van der Waals surface area contributed by atoms with Crippen LogP contribution in [-0.2, 0) is 14.6 Å². The van der Waals surface area contributed by atoms with Crippen LogP contribution in [0.25, 0.3) is 0 Å². The zero-order valence-electron chi connectivity index (χ0n) is 27.4. The molecule has 1 fully saturated rings. The van der Waals surface area contributed by atoms with Crippen molar-refractivity contribution in [2.75, 3.05) is 23.8 Å². The maximum absolute atomic E-state index is 14.7. The summed E-state index contributed by atoms with van der Waals surface area (Å²) in [6.07, 6.45) is -0.545. The molecule has 48 heavy (non-hydrogen) atoms. The van der Waals surface area contributed by atoms with Gasteiger partial charge < -0.3 is 30.5 Å². The number of primary amides is 1. The van der Waals surface area contributed by atoms with E-state index in [-0.39, 0.29) is 40.0 Å². The summed E-state index contributed by atoms with van der Waals surface area (Å²) in [5.41, 5.74) is 6.14. The van der Waals surface area contributed by atoms with E-state index < -0.39 is 50.9 Å². The molecule has 1 aliphatic heterocycles. The van der Waals surface area contributed by atoms with E-state index in [9.17, 15) is 32.3 Å². The Morgan fingerprint density at radius 3 is 2.35 bits per heavy atom. The topological polar surface area (TPSA) is 177 Å². The third-order valence-corrected chi connectivity index (χ3v) is 10.1. The van der Waals surface area contributed by atoms with E-state index in [1.54, 1.807) is 36.9 Å². The molecule has 1 saturated heterocycles. The highest BCUT2D eigenvalue weighted by atomic mass is 32.2. The number of rotatable bonds is 13. The van der Waals surface area contributed by atoms with Crippen LogP contribution in [0.4, 0.5) is 20.6 Å². The Balaban J connectivity index is 1.85. The summed E-state index contributed by atoms with van der Waals surface area (Å²) in [5.74, 6) is -1.41. The van der Waals surface area contributed by atoms with Crippen LogP contribution >= 0.6 is 0 Å². The van der Waals surface area contributed by atoms with Crippen LogP contribution in [0.5, 0.6) is 11.5 Å². The smallest absolute Gasteiger partial charge is 0.409 e. The minimum absolute atomic E-state index is 0.00102. The molecule has 3 amide bonds. The van der Waals surface area contributed by atoms with Crippen LogP contribution in [-0.4, -0.2) is 60.8 Å². The van der Waals surface area contributed by atoms with Crippen molar-refractivity contribution < 1.29 is 41.8 Å². The number of carbonyl (C=O) groups is 3. The van der Waals surface area contributed by atoms with E-state index in [1.165, 1.54) is 30.3 Å². The van der Waals surface area contributed by atoms with E-state index in [4.69, 9.17) is 15.2 Å². The predicted molar refractivity (Wildman–Crippen MR) is 179 cm³/mol. The number of hydrogen-bond acceptors (Lipinski definition) is 8. The molecule has 2 unspecified atom stereocenters. The molecule has 2 atom stereocenters. The molecule has 3 aromatic rings. The van der Waals surface area contributed by atoms with Crippen molar-refractivity contribution in [3.8, 4) is 11.5 Å². The van der Waals surface area contributed by atoms with E-state index in [0.717, 1.165) is 6.07 Å². The van der Waals surface area contributed by atoms with Gasteiger partial charge >= 0.3 is 6.09 Å². The molecule has 12 nitrogen and oxygen atoms in total. The first kappa shape index (κ1) is 36.0. The SMILES string of the molecule is CCOc1cc(C(Nc2ccc(F)c(C(N)=O)c2)C(=O)N2CCCC2c2cc(NC(=O)O)ccc2S(=O)(=O)C(C)C)ccc1OC(C)C. The van der Waals surface area contributed by atoms with E-state index >= 15 is 0 Å². The molecule has 0 saturated carbocycles. The molecule has 0 radical (unpaired) electrons. The van der Waals surface area contributed by atoms with Crippen molar-refractivity contribution in [2.45, 2.75) is 75.8 Å². The number of likely N-dealkylation sites (tertiary alicyclic amines) is 1. The lowest BCUT2D eigenvalue weighted by Crippen LogP contribution is -2.38. The molecule has 4 rings (SSSR count). The van der Waals surface area contributed by atoms with Crippen LogP contribution in [0.2, 0.25) is 0 Å². The second-order valence-electron chi connectivity index (χ2n) is 11.9. The highest BCUT2D eigenvalue weighted by Gasteiger charge is 2.38. The van der Waals surface area contributed by atoms with Crippen molar-refractivity contribution in [3.63, 3.8) is 0 Å². The van der Waals surface area contributed by atoms with Gasteiger partial charge in [-0.1, -0.05) is 6.07 Å². The summed E-state index contributed by atoms with van der Waals surface area (Å²) >= 11 is 0. The molecule has 1 heterocycles. The molecule has 14 heteroatoms. The molecular formula is C34H41FN4O8S. The minimum Gasteiger partial charge on any atom is -0.490 e. The summed E-state index contributed by atoms with van der Waals surface area (Å²) < 4.78 is 53.1. The van der Waals surface area contributed by atoms with Crippen LogP contribution in [0.15, 0.2) is 59.5 Å². The van der Waals surface area contributed by atoms with Crippen LogP contribution in [0, 0.1) is 5.82 Å². The maximum Gasteiger partial charge on any atom is 0.409 e. The van der Waals surface area contributed by atoms with Gasteiger partial charge in [-0.25, -0.2) is 17.6 Å². The first-order valence-electron chi connectivity index (χ1n) is 15.6. The second kappa shape index (κ2) is 14.9. The first-order valence-corrected chi connectivity index (χ1v) is 17.2. The number of anilines is 2. The number of benzene rings is 3. The fraction of sp³-hybridized carbons (Fsp3) is 0.382. The summed E-state index contributed by atoms with van der Waals surface area (Å²) in [7, 11) is -3.84. The molecule has 0 aliphatic carbocycles. The molecule has 0 aromatic heterocycles. The quantitative estimate of drug-likeness (QED) is 0.171. The summed E-state index contributed by atoms with van der Waals surface area (Å²) in [6.45, 7) is 9.21. The molecule has 0 bridgehead atoms. The lowest BCUT2D eigenvalue weighted by atomic mass is 10.00. The number of halogens is 1. The normalized spacial score (nSPS) is 15.3. The highest BCUT2D eigenvalue weighted by Crippen LogP contribution is 2.41. The third-order valence-electron chi connectivity index (χ3n) is 7.84. The van der Waals surface area contributed by atoms with Crippen molar-refractivity contribution in [1.82, 2.24) is 4.90 Å². The number of carboxylic acid groups (broad SMARTS) is 1. The highest BCUT2D eigenvalue weighted by molar-refractivity contribution is 7.92. The van der Waals surface area contributed by atoms with Gasteiger partial charge in [0, 0.05) is 17.9 Å². The van der Waals surface area contributed by atoms with Crippen molar-refractivity contribution in [2.24, 2.45) is 5.73 Å². The van der Waals surface area contributed by atoms with E-state index in [0.29, 0.717) is 36.5 Å². The van der Waals surface area contributed by atoms with Gasteiger partial charge in [-0.3, -0.25) is 14.9 Å². The predicted octanol–water partition coefficient (Wildman–Crippen LogP) is 5.90. The Labute approximate surface area is 279 Å². The Kier molecular flexibility index (Phi) is 11.2. The summed E-state index contributed by atoms with van der Waals surface area (Å²) in [5, 5.41) is 14.0. The number of nitrogens with one attached hydrogen (secondary N) is 2. The number of nitrogens with zero attached hydrogens (tertiary/aromatic N) is 1. The number of amides is 3. The number of hydrogen-bond donors (Lipinski definition) is 4. The average molecular weight is 685 g/mol. The van der Waals surface area contributed by atoms with Gasteiger partial charge in [0.15, 0.2) is 21.3 Å². The molecule has 258 valence electrons. The van der Waals surface area contributed by atoms with Crippen molar-refractivity contribution >= 4 is 39.1 Å². The monoisotopic (exact) mass is 684 g/mol. The van der Waals surface area contributed by atoms with Gasteiger partial charge in [0.05, 0.1) is 34.5 Å². The van der Waals surface area contributed by atoms with E-state index in [2.05, 4.69) is 10.6 Å². The Hall–Kier alpha value is -4.85. The van der Waals surface area contributed by atoms with Crippen LogP contribution in [0.1, 0.15) is 81.0 Å². The minimum atomic E-state index is -3.84. The zero-order valence-corrected chi connectivity index (χ0v) is 28.3. The van der Waals surface area contributed by atoms with Gasteiger partial charge in [0.2, 0.25) is 5.91 Å². The number of sulfone groups is 1. The van der Waals surface area contributed by atoms with Gasteiger partial charge in [0.25, 0.3) is 5.91 Å². The summed E-state index contributed by atoms with van der Waals surface area (Å²) in [6, 6.07) is 11.0. The molecule has 3 aromatic carbocycles. The number of nitrogens with two attached hydrogens (primary N) is 1. The Bertz CT molecular complexity index is 1800. The van der Waals surface area contributed by atoms with E-state index in [1.807, 2.05) is 20.8 Å². The molecule has 5 N–H and O–H groups in total. The second-order valence-corrected chi connectivity index (χ2v) is 14.4. The van der Waals surface area contributed by atoms with Gasteiger partial charge in [-0.2, -0.15) is 0 Å². The van der Waals surface area contributed by atoms with Gasteiger partial charge in [-0.15, -0.1) is 0 Å². The van der Waals surface area contributed by atoms with Crippen molar-refractivity contribution in [1.29, 1.82) is 0 Å². The Morgan fingerprint density at radius 1 is 1.02 bits per heavy atom. The van der Waals surface area contributed by atoms with Gasteiger partial charge in [-0.05, 0) is 107 Å². The van der Waals surface area contributed by atoms with Crippen molar-refractivity contribution in [3.05, 3.63) is 77.1 Å². The average Bonchev–Trinajstić information content (AvgIpc) is 3.50. The first-order chi connectivity index (χ1) is 22.6. The van der Waals surface area contributed by atoms with Crippen LogP contribution < -0.4 is 25.8 Å². The van der Waals surface area contributed by atoms with Gasteiger partial charge in [0.1, 0.15) is 11.9 Å². The summed E-state index contributed by atoms with van der Waals surface area (Å²) in [4.78, 5) is 39.6. The maximum atomic E-state index is 14.7. The third kappa shape index (κ3) is 7.98. The number of ether oxygens (including phenoxy) is 2. The zero-order chi connectivity index (χ0) is 35.3. The lowest BCUT2D eigenvalue weighted by molar-refractivity contribution is -0.133. The fourth-order valence-corrected chi connectivity index (χ4v) is 6.91. The standard InChI is InChI=1S/C34H41FN4O8S/c1-6-46-29-16-21(9-13-28(29)47-19(2)3)31(37-22-10-12-26(35)24(17-22)32(36)40)33(41)39-15-7-8-27(39)25-18-23(38-34(42)43)11-14-30(25)48(44,45)20(4)5/h9-14,16-20,27,31,37-38H,6-8,15H2,1-5H3,(H2,36,40)(H,42,43). The molecule has 0 spiro atoms. The molecule has 1 aliphatic rings. The molecular weight excluding hydrogens is 643 g/mol. The largest absolute Gasteiger partial charge is 0.490 e. The lowest BCUT2D eigenvalue weighted by Gasteiger charge is -2.32. The van der Waals surface area contributed by atoms with Crippen LogP contribution in [0.3, 0.4) is 0 Å². The number of carbonyl (C=O) groups excluding carboxylic acids is 2. The fourth-order valence-electron chi connectivity index (χ4n) is 5.62. The Morgan fingerprint density at radius 2 is 1.73 bits per heavy atom.